The monoisotopic (exact) mass is 314 g/mol. The average molecular weight is 314 g/mol. The molecule has 0 spiro atoms. The molecule has 1 saturated heterocycles. The highest BCUT2D eigenvalue weighted by Gasteiger charge is 2.41. The van der Waals surface area contributed by atoms with Crippen LogP contribution in [-0.4, -0.2) is 39.3 Å². The quantitative estimate of drug-likeness (QED) is 0.801. The third kappa shape index (κ3) is 3.92. The molecule has 7 heteroatoms. The number of para-hydroxylation sites is 1. The van der Waals surface area contributed by atoms with Gasteiger partial charge in [0, 0.05) is 25.8 Å². The van der Waals surface area contributed by atoms with E-state index >= 15 is 0 Å². The van der Waals surface area contributed by atoms with E-state index in [-0.39, 0.29) is 18.2 Å². The Kier molecular flexibility index (Phi) is 5.68. The summed E-state index contributed by atoms with van der Waals surface area (Å²) in [7, 11) is 1.55. The molecule has 0 aliphatic carbocycles. The van der Waals surface area contributed by atoms with E-state index in [0.29, 0.717) is 25.1 Å². The molecule has 1 amide bonds. The van der Waals surface area contributed by atoms with Gasteiger partial charge in [0.05, 0.1) is 12.0 Å². The molecule has 1 heterocycles. The predicted molar refractivity (Wildman–Crippen MR) is 76.7 cm³/mol. The van der Waals surface area contributed by atoms with E-state index in [4.69, 9.17) is 4.74 Å². The van der Waals surface area contributed by atoms with Crippen molar-refractivity contribution in [1.29, 1.82) is 0 Å². The second-order valence-electron chi connectivity index (χ2n) is 5.31. The lowest BCUT2D eigenvalue weighted by Crippen LogP contribution is -2.45. The molecule has 1 aliphatic rings. The second kappa shape index (κ2) is 7.51. The van der Waals surface area contributed by atoms with Crippen molar-refractivity contribution in [2.75, 3.05) is 26.8 Å². The van der Waals surface area contributed by atoms with Gasteiger partial charge in [-0.1, -0.05) is 18.2 Å². The van der Waals surface area contributed by atoms with Gasteiger partial charge in [0.25, 0.3) is 0 Å². The maximum atomic E-state index is 12.4. The molecule has 1 aliphatic heterocycles. The van der Waals surface area contributed by atoms with Gasteiger partial charge in [-0.2, -0.15) is 8.78 Å². The third-order valence-corrected chi connectivity index (χ3v) is 3.77. The average Bonchev–Trinajstić information content (AvgIpc) is 2.96. The molecule has 1 aromatic rings. The molecule has 2 N–H and O–H groups in total. The Bertz CT molecular complexity index is 505. The van der Waals surface area contributed by atoms with Crippen molar-refractivity contribution in [3.8, 4) is 5.75 Å². The number of methoxy groups -OCH3 is 1. The molecule has 0 bridgehead atoms. The maximum absolute atomic E-state index is 12.4. The topological polar surface area (TPSA) is 59.6 Å². The number of hydrogen-bond donors (Lipinski definition) is 2. The van der Waals surface area contributed by atoms with E-state index in [0.717, 1.165) is 6.54 Å². The number of rotatable bonds is 7. The van der Waals surface area contributed by atoms with Gasteiger partial charge < -0.3 is 20.1 Å². The Morgan fingerprint density at radius 3 is 2.86 bits per heavy atom. The van der Waals surface area contributed by atoms with Crippen LogP contribution in [0.2, 0.25) is 0 Å². The molecule has 1 fully saturated rings. The van der Waals surface area contributed by atoms with Crippen molar-refractivity contribution >= 4 is 5.91 Å². The minimum absolute atomic E-state index is 0.0724. The molecule has 0 radical (unpaired) electrons. The number of benzene rings is 1. The van der Waals surface area contributed by atoms with Crippen LogP contribution in [0.5, 0.6) is 5.75 Å². The first-order valence-electron chi connectivity index (χ1n) is 7.08. The summed E-state index contributed by atoms with van der Waals surface area (Å²) in [5.41, 5.74) is -0.0949. The van der Waals surface area contributed by atoms with Gasteiger partial charge in [0.2, 0.25) is 5.91 Å². The number of nitrogens with one attached hydrogen (secondary N) is 2. The molecule has 0 aromatic heterocycles. The Balaban J connectivity index is 2.01. The number of alkyl halides is 2. The summed E-state index contributed by atoms with van der Waals surface area (Å²) in [5.74, 6) is -0.0747. The van der Waals surface area contributed by atoms with Crippen molar-refractivity contribution in [2.45, 2.75) is 19.6 Å². The Labute approximate surface area is 128 Å². The highest BCUT2D eigenvalue weighted by Crippen LogP contribution is 2.27. The molecular weight excluding hydrogens is 294 g/mol. The lowest BCUT2D eigenvalue weighted by atomic mass is 9.87. The van der Waals surface area contributed by atoms with Crippen molar-refractivity contribution in [3.63, 3.8) is 0 Å². The van der Waals surface area contributed by atoms with Gasteiger partial charge in [-0.25, -0.2) is 0 Å². The van der Waals surface area contributed by atoms with Crippen LogP contribution in [0.25, 0.3) is 0 Å². The van der Waals surface area contributed by atoms with Crippen LogP contribution in [-0.2, 0) is 16.1 Å². The number of carbonyl (C=O) groups is 1. The minimum Gasteiger partial charge on any atom is -0.434 e. The van der Waals surface area contributed by atoms with Gasteiger partial charge in [-0.15, -0.1) is 0 Å². The Morgan fingerprint density at radius 1 is 1.45 bits per heavy atom. The highest BCUT2D eigenvalue weighted by atomic mass is 19.3. The number of carbonyl (C=O) groups excluding carboxylic acids is 1. The Hall–Kier alpha value is -1.73. The zero-order valence-electron chi connectivity index (χ0n) is 12.4. The smallest absolute Gasteiger partial charge is 0.387 e. The van der Waals surface area contributed by atoms with E-state index in [1.807, 2.05) is 0 Å². The fourth-order valence-corrected chi connectivity index (χ4v) is 2.63. The van der Waals surface area contributed by atoms with Gasteiger partial charge in [-0.05, 0) is 19.0 Å². The van der Waals surface area contributed by atoms with Crippen LogP contribution < -0.4 is 15.4 Å². The summed E-state index contributed by atoms with van der Waals surface area (Å²) < 4.78 is 34.4. The van der Waals surface area contributed by atoms with Crippen LogP contribution >= 0.6 is 0 Å². The fourth-order valence-electron chi connectivity index (χ4n) is 2.63. The molecule has 1 aromatic carbocycles. The van der Waals surface area contributed by atoms with Crippen LogP contribution in [0.1, 0.15) is 12.0 Å². The van der Waals surface area contributed by atoms with E-state index in [1.54, 1.807) is 25.3 Å². The van der Waals surface area contributed by atoms with Crippen LogP contribution in [0, 0.1) is 5.41 Å². The van der Waals surface area contributed by atoms with E-state index < -0.39 is 12.0 Å². The second-order valence-corrected chi connectivity index (χ2v) is 5.31. The number of hydrogen-bond acceptors (Lipinski definition) is 4. The lowest BCUT2D eigenvalue weighted by Gasteiger charge is -2.26. The SMILES string of the molecule is COCC1(C(=O)NCc2ccccc2OC(F)F)CCNC1. The first kappa shape index (κ1) is 16.6. The lowest BCUT2D eigenvalue weighted by molar-refractivity contribution is -0.133. The number of halogens is 2. The molecule has 2 rings (SSSR count). The van der Waals surface area contributed by atoms with E-state index in [9.17, 15) is 13.6 Å². The molecule has 1 unspecified atom stereocenters. The number of ether oxygens (including phenoxy) is 2. The van der Waals surface area contributed by atoms with Crippen LogP contribution in [0.15, 0.2) is 24.3 Å². The first-order chi connectivity index (χ1) is 10.6. The zero-order valence-corrected chi connectivity index (χ0v) is 12.4. The predicted octanol–water partition coefficient (Wildman–Crippen LogP) is 1.53. The van der Waals surface area contributed by atoms with E-state index in [2.05, 4.69) is 15.4 Å². The van der Waals surface area contributed by atoms with Crippen molar-refractivity contribution in [2.24, 2.45) is 5.41 Å². The zero-order chi connectivity index (χ0) is 16.0. The molecule has 1 atom stereocenters. The Morgan fingerprint density at radius 2 is 2.23 bits per heavy atom. The fraction of sp³-hybridized carbons (Fsp3) is 0.533. The minimum atomic E-state index is -2.89. The molecule has 0 saturated carbocycles. The first-order valence-corrected chi connectivity index (χ1v) is 7.08. The maximum Gasteiger partial charge on any atom is 0.387 e. The largest absolute Gasteiger partial charge is 0.434 e. The third-order valence-electron chi connectivity index (χ3n) is 3.77. The summed E-state index contributed by atoms with van der Waals surface area (Å²) in [6.45, 7) is -1.14. The summed E-state index contributed by atoms with van der Waals surface area (Å²) in [6, 6.07) is 6.42. The highest BCUT2D eigenvalue weighted by molar-refractivity contribution is 5.83. The van der Waals surface area contributed by atoms with Gasteiger partial charge in [0.15, 0.2) is 0 Å². The van der Waals surface area contributed by atoms with E-state index in [1.165, 1.54) is 6.07 Å². The van der Waals surface area contributed by atoms with Gasteiger partial charge in [-0.3, -0.25) is 4.79 Å². The summed E-state index contributed by atoms with van der Waals surface area (Å²) in [5, 5.41) is 5.95. The van der Waals surface area contributed by atoms with Crippen molar-refractivity contribution in [3.05, 3.63) is 29.8 Å². The van der Waals surface area contributed by atoms with Gasteiger partial charge in [0.1, 0.15) is 5.75 Å². The van der Waals surface area contributed by atoms with Crippen molar-refractivity contribution in [1.82, 2.24) is 10.6 Å². The normalized spacial score (nSPS) is 21.1. The van der Waals surface area contributed by atoms with Crippen LogP contribution in [0.4, 0.5) is 8.78 Å². The van der Waals surface area contributed by atoms with Crippen molar-refractivity contribution < 1.29 is 23.0 Å². The molecule has 122 valence electrons. The van der Waals surface area contributed by atoms with Crippen LogP contribution in [0.3, 0.4) is 0 Å². The standard InChI is InChI=1S/C15H20F2N2O3/c1-21-10-15(6-7-18-9-15)13(20)19-8-11-4-2-3-5-12(11)22-14(16)17/h2-5,14,18H,6-10H2,1H3,(H,19,20). The van der Waals surface area contributed by atoms with Gasteiger partial charge >= 0.3 is 6.61 Å². The number of amides is 1. The molecule has 5 nitrogen and oxygen atoms in total. The summed E-state index contributed by atoms with van der Waals surface area (Å²) in [6.07, 6.45) is 0.682. The molecular formula is C15H20F2N2O3. The summed E-state index contributed by atoms with van der Waals surface area (Å²) >= 11 is 0. The molecule has 22 heavy (non-hydrogen) atoms. The summed E-state index contributed by atoms with van der Waals surface area (Å²) in [4.78, 5) is 12.4.